The Balaban J connectivity index is 1.78. The van der Waals surface area contributed by atoms with Crippen LogP contribution in [0.25, 0.3) is 0 Å². The standard InChI is InChI=1S/C22H33N3O3/c1-5-24(6-2)20(26)15-17-16-22(28-19-10-8-7-9-18(17)19)11-13-25(14-12-22)21(27)23(3)4/h7-10,17H,5-6,11-16H2,1-4H3/t17-/m0/s1. The Labute approximate surface area is 168 Å². The fraction of sp³-hybridized carbons (Fsp3) is 0.636. The number of para-hydroxylation sites is 1. The Morgan fingerprint density at radius 1 is 1.14 bits per heavy atom. The lowest BCUT2D eigenvalue weighted by molar-refractivity contribution is -0.131. The van der Waals surface area contributed by atoms with Crippen molar-refractivity contribution >= 4 is 11.9 Å². The van der Waals surface area contributed by atoms with E-state index in [1.54, 1.807) is 19.0 Å². The van der Waals surface area contributed by atoms with Gasteiger partial charge in [-0.2, -0.15) is 0 Å². The van der Waals surface area contributed by atoms with Crippen molar-refractivity contribution in [2.24, 2.45) is 0 Å². The number of carbonyl (C=O) groups is 2. The largest absolute Gasteiger partial charge is 0.487 e. The van der Waals surface area contributed by atoms with Crippen LogP contribution in [0.3, 0.4) is 0 Å². The van der Waals surface area contributed by atoms with E-state index in [4.69, 9.17) is 4.74 Å². The van der Waals surface area contributed by atoms with Gasteiger partial charge in [-0.15, -0.1) is 0 Å². The molecule has 2 heterocycles. The van der Waals surface area contributed by atoms with Crippen LogP contribution in [0.4, 0.5) is 4.79 Å². The summed E-state index contributed by atoms with van der Waals surface area (Å²) in [4.78, 5) is 30.5. The lowest BCUT2D eigenvalue weighted by Gasteiger charge is -2.47. The Kier molecular flexibility index (Phi) is 6.16. The van der Waals surface area contributed by atoms with E-state index in [1.165, 1.54) is 0 Å². The highest BCUT2D eigenvalue weighted by molar-refractivity contribution is 5.77. The van der Waals surface area contributed by atoms with E-state index in [1.807, 2.05) is 41.8 Å². The summed E-state index contributed by atoms with van der Waals surface area (Å²) in [6.45, 7) is 6.92. The first-order valence-corrected chi connectivity index (χ1v) is 10.4. The van der Waals surface area contributed by atoms with Crippen LogP contribution in [0, 0.1) is 0 Å². The molecule has 0 aromatic heterocycles. The minimum absolute atomic E-state index is 0.0549. The molecule has 2 aliphatic heterocycles. The molecule has 1 fully saturated rings. The van der Waals surface area contributed by atoms with Crippen LogP contribution in [0.1, 0.15) is 51.0 Å². The summed E-state index contributed by atoms with van der Waals surface area (Å²) in [6, 6.07) is 8.17. The first-order chi connectivity index (χ1) is 13.4. The average Bonchev–Trinajstić information content (AvgIpc) is 2.69. The van der Waals surface area contributed by atoms with Crippen LogP contribution in [0.15, 0.2) is 24.3 Å². The van der Waals surface area contributed by atoms with Gasteiger partial charge in [0, 0.05) is 65.5 Å². The molecule has 1 aromatic rings. The van der Waals surface area contributed by atoms with Crippen molar-refractivity contribution in [1.82, 2.24) is 14.7 Å². The average molecular weight is 388 g/mol. The van der Waals surface area contributed by atoms with E-state index < -0.39 is 0 Å². The summed E-state index contributed by atoms with van der Waals surface area (Å²) >= 11 is 0. The van der Waals surface area contributed by atoms with Crippen LogP contribution in [0.2, 0.25) is 0 Å². The zero-order chi connectivity index (χ0) is 20.3. The van der Waals surface area contributed by atoms with Crippen LogP contribution < -0.4 is 4.74 Å². The van der Waals surface area contributed by atoms with E-state index in [0.717, 1.165) is 43.7 Å². The molecule has 1 aromatic carbocycles. The van der Waals surface area contributed by atoms with Gasteiger partial charge in [0.15, 0.2) is 0 Å². The highest BCUT2D eigenvalue weighted by atomic mass is 16.5. The maximum Gasteiger partial charge on any atom is 0.319 e. The van der Waals surface area contributed by atoms with Gasteiger partial charge in [0.25, 0.3) is 0 Å². The molecular weight excluding hydrogens is 354 g/mol. The van der Waals surface area contributed by atoms with E-state index in [0.29, 0.717) is 19.5 Å². The van der Waals surface area contributed by atoms with Crippen molar-refractivity contribution in [2.45, 2.75) is 51.0 Å². The third-order valence-corrected chi connectivity index (χ3v) is 6.17. The number of urea groups is 1. The first kappa shape index (κ1) is 20.5. The van der Waals surface area contributed by atoms with Crippen molar-refractivity contribution in [3.8, 4) is 5.75 Å². The fourth-order valence-corrected chi connectivity index (χ4v) is 4.54. The third-order valence-electron chi connectivity index (χ3n) is 6.17. The van der Waals surface area contributed by atoms with E-state index >= 15 is 0 Å². The van der Waals surface area contributed by atoms with Gasteiger partial charge in [-0.3, -0.25) is 4.79 Å². The molecule has 1 spiro atoms. The highest BCUT2D eigenvalue weighted by Crippen LogP contribution is 2.46. The van der Waals surface area contributed by atoms with Gasteiger partial charge in [0.1, 0.15) is 11.4 Å². The van der Waals surface area contributed by atoms with Crippen molar-refractivity contribution in [3.63, 3.8) is 0 Å². The SMILES string of the molecule is CCN(CC)C(=O)C[C@H]1CC2(CCN(C(=O)N(C)C)CC2)Oc2ccccc21. The minimum Gasteiger partial charge on any atom is -0.487 e. The lowest BCUT2D eigenvalue weighted by Crippen LogP contribution is -2.53. The van der Waals surface area contributed by atoms with Crippen molar-refractivity contribution in [3.05, 3.63) is 29.8 Å². The number of amides is 3. The smallest absolute Gasteiger partial charge is 0.319 e. The molecule has 0 aliphatic carbocycles. The van der Waals surface area contributed by atoms with Crippen molar-refractivity contribution in [2.75, 3.05) is 40.3 Å². The number of carbonyl (C=O) groups excluding carboxylic acids is 2. The molecular formula is C22H33N3O3. The van der Waals surface area contributed by atoms with Gasteiger partial charge in [-0.25, -0.2) is 4.79 Å². The molecule has 6 nitrogen and oxygen atoms in total. The number of fused-ring (bicyclic) bond motifs is 1. The maximum absolute atomic E-state index is 12.8. The first-order valence-electron chi connectivity index (χ1n) is 10.4. The number of piperidine rings is 1. The molecule has 0 N–H and O–H groups in total. The van der Waals surface area contributed by atoms with Gasteiger partial charge in [0.2, 0.25) is 5.91 Å². The van der Waals surface area contributed by atoms with Crippen LogP contribution in [-0.4, -0.2) is 72.5 Å². The Morgan fingerprint density at radius 2 is 1.79 bits per heavy atom. The van der Waals surface area contributed by atoms with Crippen LogP contribution in [0.5, 0.6) is 5.75 Å². The molecule has 6 heteroatoms. The molecule has 0 saturated carbocycles. The molecule has 28 heavy (non-hydrogen) atoms. The Bertz CT molecular complexity index is 707. The molecule has 0 bridgehead atoms. The van der Waals surface area contributed by atoms with Crippen LogP contribution >= 0.6 is 0 Å². The van der Waals surface area contributed by atoms with E-state index in [2.05, 4.69) is 6.07 Å². The summed E-state index contributed by atoms with van der Waals surface area (Å²) in [5, 5.41) is 0. The Hall–Kier alpha value is -2.24. The molecule has 1 atom stereocenters. The predicted octanol–water partition coefficient (Wildman–Crippen LogP) is 3.33. The molecule has 0 unspecified atom stereocenters. The number of nitrogens with zero attached hydrogens (tertiary/aromatic N) is 3. The molecule has 0 radical (unpaired) electrons. The van der Waals surface area contributed by atoms with Crippen molar-refractivity contribution < 1.29 is 14.3 Å². The highest BCUT2D eigenvalue weighted by Gasteiger charge is 2.44. The number of hydrogen-bond acceptors (Lipinski definition) is 3. The number of rotatable bonds is 4. The number of ether oxygens (including phenoxy) is 1. The van der Waals surface area contributed by atoms with Gasteiger partial charge in [0.05, 0.1) is 0 Å². The fourth-order valence-electron chi connectivity index (χ4n) is 4.54. The molecule has 2 aliphatic rings. The summed E-state index contributed by atoms with van der Waals surface area (Å²) in [5.74, 6) is 1.27. The predicted molar refractivity (Wildman–Crippen MR) is 110 cm³/mol. The molecule has 1 saturated heterocycles. The lowest BCUT2D eigenvalue weighted by atomic mass is 9.76. The summed E-state index contributed by atoms with van der Waals surface area (Å²) in [6.07, 6.45) is 2.96. The van der Waals surface area contributed by atoms with E-state index in [9.17, 15) is 9.59 Å². The maximum atomic E-state index is 12.8. The Morgan fingerprint density at radius 3 is 2.39 bits per heavy atom. The quantitative estimate of drug-likeness (QED) is 0.796. The van der Waals surface area contributed by atoms with Gasteiger partial charge >= 0.3 is 6.03 Å². The number of likely N-dealkylation sites (tertiary alicyclic amines) is 1. The topological polar surface area (TPSA) is 53.1 Å². The summed E-state index contributed by atoms with van der Waals surface area (Å²) < 4.78 is 6.50. The van der Waals surface area contributed by atoms with Crippen molar-refractivity contribution in [1.29, 1.82) is 0 Å². The minimum atomic E-state index is -0.286. The number of benzene rings is 1. The normalized spacial score (nSPS) is 20.3. The zero-order valence-corrected chi connectivity index (χ0v) is 17.6. The summed E-state index contributed by atoms with van der Waals surface area (Å²) in [5.41, 5.74) is 0.853. The van der Waals surface area contributed by atoms with E-state index in [-0.39, 0.29) is 23.5 Å². The molecule has 3 rings (SSSR count). The second-order valence-corrected chi connectivity index (χ2v) is 8.16. The number of hydrogen-bond donors (Lipinski definition) is 0. The zero-order valence-electron chi connectivity index (χ0n) is 17.6. The van der Waals surface area contributed by atoms with Gasteiger partial charge in [-0.05, 0) is 31.9 Å². The third kappa shape index (κ3) is 4.10. The van der Waals surface area contributed by atoms with Gasteiger partial charge in [-0.1, -0.05) is 18.2 Å². The second kappa shape index (κ2) is 8.41. The van der Waals surface area contributed by atoms with Gasteiger partial charge < -0.3 is 19.4 Å². The monoisotopic (exact) mass is 387 g/mol. The second-order valence-electron chi connectivity index (χ2n) is 8.16. The molecule has 3 amide bonds. The van der Waals surface area contributed by atoms with Crippen LogP contribution in [-0.2, 0) is 4.79 Å². The molecule has 154 valence electrons. The summed E-state index contributed by atoms with van der Waals surface area (Å²) in [7, 11) is 3.57.